The number of carbonyl (C=O) groups excluding carboxylic acids is 1. The molecule has 0 unspecified atom stereocenters. The van der Waals surface area contributed by atoms with Crippen molar-refractivity contribution in [3.05, 3.63) is 35.5 Å². The zero-order chi connectivity index (χ0) is 13.0. The average molecular weight is 234 g/mol. The van der Waals surface area contributed by atoms with Gasteiger partial charge in [0.05, 0.1) is 13.7 Å². The first-order valence-corrected chi connectivity index (χ1v) is 5.38. The smallest absolute Gasteiger partial charge is 0.245 e. The summed E-state index contributed by atoms with van der Waals surface area (Å²) >= 11 is 0. The summed E-state index contributed by atoms with van der Waals surface area (Å²) in [7, 11) is 3.31. The van der Waals surface area contributed by atoms with Gasteiger partial charge in [-0.25, -0.2) is 4.98 Å². The second kappa shape index (κ2) is 5.48. The standard InChI is InChI=1S/C13H18N2O2/c1-6-12(16)15(4)8-11-9(2)7-10(3)14-13(11)17-5/h6-7H,1,8H2,2-5H3. The number of hydrogen-bond donors (Lipinski definition) is 0. The number of amides is 1. The fraction of sp³-hybridized carbons (Fsp3) is 0.385. The van der Waals surface area contributed by atoms with E-state index in [4.69, 9.17) is 4.74 Å². The topological polar surface area (TPSA) is 42.4 Å². The van der Waals surface area contributed by atoms with Crippen molar-refractivity contribution >= 4 is 5.91 Å². The van der Waals surface area contributed by atoms with E-state index >= 15 is 0 Å². The van der Waals surface area contributed by atoms with Gasteiger partial charge < -0.3 is 9.64 Å². The molecule has 4 nitrogen and oxygen atoms in total. The van der Waals surface area contributed by atoms with Crippen molar-refractivity contribution in [1.29, 1.82) is 0 Å². The second-order valence-corrected chi connectivity index (χ2v) is 3.97. The molecule has 0 aliphatic heterocycles. The number of ether oxygens (including phenoxy) is 1. The van der Waals surface area contributed by atoms with Crippen molar-refractivity contribution in [2.75, 3.05) is 14.2 Å². The third-order valence-electron chi connectivity index (χ3n) is 2.58. The first kappa shape index (κ1) is 13.2. The number of aromatic nitrogens is 1. The van der Waals surface area contributed by atoms with Gasteiger partial charge in [0, 0.05) is 18.3 Å². The van der Waals surface area contributed by atoms with Crippen LogP contribution in [0.15, 0.2) is 18.7 Å². The highest BCUT2D eigenvalue weighted by atomic mass is 16.5. The summed E-state index contributed by atoms with van der Waals surface area (Å²) in [6.45, 7) is 7.83. The van der Waals surface area contributed by atoms with Gasteiger partial charge in [0.2, 0.25) is 11.8 Å². The lowest BCUT2D eigenvalue weighted by atomic mass is 10.1. The normalized spacial score (nSPS) is 9.88. The molecule has 0 N–H and O–H groups in total. The van der Waals surface area contributed by atoms with E-state index in [1.165, 1.54) is 6.08 Å². The highest BCUT2D eigenvalue weighted by Gasteiger charge is 2.13. The fourth-order valence-corrected chi connectivity index (χ4v) is 1.66. The highest BCUT2D eigenvalue weighted by Crippen LogP contribution is 2.22. The van der Waals surface area contributed by atoms with Gasteiger partial charge >= 0.3 is 0 Å². The first-order chi connectivity index (χ1) is 7.99. The van der Waals surface area contributed by atoms with Crippen LogP contribution in [0.2, 0.25) is 0 Å². The van der Waals surface area contributed by atoms with E-state index < -0.39 is 0 Å². The number of pyridine rings is 1. The number of likely N-dealkylation sites (N-methyl/N-ethyl adjacent to an activating group) is 1. The number of carbonyl (C=O) groups is 1. The van der Waals surface area contributed by atoms with Crippen LogP contribution in [0.5, 0.6) is 5.88 Å². The summed E-state index contributed by atoms with van der Waals surface area (Å²) < 4.78 is 5.25. The lowest BCUT2D eigenvalue weighted by molar-refractivity contribution is -0.125. The van der Waals surface area contributed by atoms with Gasteiger partial charge in [-0.3, -0.25) is 4.79 Å². The number of hydrogen-bond acceptors (Lipinski definition) is 3. The Hall–Kier alpha value is -1.84. The number of rotatable bonds is 4. The van der Waals surface area contributed by atoms with Crippen molar-refractivity contribution in [2.45, 2.75) is 20.4 Å². The van der Waals surface area contributed by atoms with Crippen LogP contribution in [0.3, 0.4) is 0 Å². The molecule has 17 heavy (non-hydrogen) atoms. The van der Waals surface area contributed by atoms with Gasteiger partial charge in [-0.15, -0.1) is 0 Å². The molecule has 1 aromatic rings. The predicted molar refractivity (Wildman–Crippen MR) is 66.9 cm³/mol. The summed E-state index contributed by atoms with van der Waals surface area (Å²) in [6, 6.07) is 1.98. The molecule has 92 valence electrons. The molecule has 1 aromatic heterocycles. The fourth-order valence-electron chi connectivity index (χ4n) is 1.66. The first-order valence-electron chi connectivity index (χ1n) is 5.38. The zero-order valence-corrected chi connectivity index (χ0v) is 10.8. The van der Waals surface area contributed by atoms with Crippen LogP contribution in [0.4, 0.5) is 0 Å². The molecule has 0 atom stereocenters. The van der Waals surface area contributed by atoms with E-state index in [9.17, 15) is 4.79 Å². The molecule has 0 bridgehead atoms. The molecule has 0 saturated carbocycles. The molecular formula is C13H18N2O2. The maximum Gasteiger partial charge on any atom is 0.245 e. The summed E-state index contributed by atoms with van der Waals surface area (Å²) in [5.41, 5.74) is 2.90. The van der Waals surface area contributed by atoms with Crippen molar-refractivity contribution in [2.24, 2.45) is 0 Å². The summed E-state index contributed by atoms with van der Waals surface area (Å²) in [5.74, 6) is 0.457. The Morgan fingerprint density at radius 3 is 2.76 bits per heavy atom. The van der Waals surface area contributed by atoms with Gasteiger partial charge in [-0.1, -0.05) is 6.58 Å². The van der Waals surface area contributed by atoms with Crippen LogP contribution in [-0.4, -0.2) is 29.9 Å². The van der Waals surface area contributed by atoms with Crippen LogP contribution >= 0.6 is 0 Å². The highest BCUT2D eigenvalue weighted by molar-refractivity contribution is 5.86. The number of methoxy groups -OCH3 is 1. The third kappa shape index (κ3) is 3.06. The molecule has 4 heteroatoms. The van der Waals surface area contributed by atoms with Crippen LogP contribution in [0.25, 0.3) is 0 Å². The Kier molecular flexibility index (Phi) is 4.26. The van der Waals surface area contributed by atoms with Gasteiger partial charge in [-0.2, -0.15) is 0 Å². The second-order valence-electron chi connectivity index (χ2n) is 3.97. The summed E-state index contributed by atoms with van der Waals surface area (Å²) in [4.78, 5) is 17.3. The lowest BCUT2D eigenvalue weighted by Gasteiger charge is -2.18. The molecule has 1 heterocycles. The molecule has 0 aromatic carbocycles. The van der Waals surface area contributed by atoms with E-state index in [2.05, 4.69) is 11.6 Å². The van der Waals surface area contributed by atoms with E-state index in [1.807, 2.05) is 19.9 Å². The quantitative estimate of drug-likeness (QED) is 0.747. The number of nitrogens with zero attached hydrogens (tertiary/aromatic N) is 2. The minimum Gasteiger partial charge on any atom is -0.481 e. The molecule has 0 aliphatic rings. The van der Waals surface area contributed by atoms with Gasteiger partial charge in [-0.05, 0) is 31.6 Å². The SMILES string of the molecule is C=CC(=O)N(C)Cc1c(C)cc(C)nc1OC. The van der Waals surface area contributed by atoms with E-state index in [-0.39, 0.29) is 5.91 Å². The predicted octanol–water partition coefficient (Wildman–Crippen LogP) is 1.85. The lowest BCUT2D eigenvalue weighted by Crippen LogP contribution is -2.24. The minimum atomic E-state index is -0.118. The summed E-state index contributed by atoms with van der Waals surface area (Å²) in [5, 5.41) is 0. The van der Waals surface area contributed by atoms with Crippen LogP contribution in [0, 0.1) is 13.8 Å². The maximum atomic E-state index is 11.4. The Balaban J connectivity index is 3.05. The van der Waals surface area contributed by atoms with Crippen molar-refractivity contribution in [3.8, 4) is 5.88 Å². The monoisotopic (exact) mass is 234 g/mol. The van der Waals surface area contributed by atoms with E-state index in [0.717, 1.165) is 16.8 Å². The molecule has 1 rings (SSSR count). The van der Waals surface area contributed by atoms with Gasteiger partial charge in [0.15, 0.2) is 0 Å². The Bertz CT molecular complexity index is 441. The maximum absolute atomic E-state index is 11.4. The van der Waals surface area contributed by atoms with Crippen molar-refractivity contribution < 1.29 is 9.53 Å². The minimum absolute atomic E-state index is 0.118. The van der Waals surface area contributed by atoms with Crippen LogP contribution in [-0.2, 0) is 11.3 Å². The molecule has 1 amide bonds. The molecule has 0 fully saturated rings. The van der Waals surface area contributed by atoms with Gasteiger partial charge in [0.1, 0.15) is 0 Å². The van der Waals surface area contributed by atoms with Gasteiger partial charge in [0.25, 0.3) is 0 Å². The summed E-state index contributed by atoms with van der Waals surface area (Å²) in [6.07, 6.45) is 1.30. The molecule has 0 saturated heterocycles. The Morgan fingerprint density at radius 2 is 2.24 bits per heavy atom. The molecular weight excluding hydrogens is 216 g/mol. The number of aryl methyl sites for hydroxylation is 2. The molecule has 0 radical (unpaired) electrons. The Morgan fingerprint density at radius 1 is 1.59 bits per heavy atom. The van der Waals surface area contributed by atoms with Crippen LogP contribution in [0.1, 0.15) is 16.8 Å². The molecule has 0 spiro atoms. The van der Waals surface area contributed by atoms with Crippen molar-refractivity contribution in [3.63, 3.8) is 0 Å². The average Bonchev–Trinajstić information content (AvgIpc) is 2.30. The molecule has 0 aliphatic carbocycles. The largest absolute Gasteiger partial charge is 0.481 e. The van der Waals surface area contributed by atoms with E-state index in [1.54, 1.807) is 19.1 Å². The Labute approximate surface area is 102 Å². The van der Waals surface area contributed by atoms with E-state index in [0.29, 0.717) is 12.4 Å². The zero-order valence-electron chi connectivity index (χ0n) is 10.8. The van der Waals surface area contributed by atoms with Crippen molar-refractivity contribution in [1.82, 2.24) is 9.88 Å². The third-order valence-corrected chi connectivity index (χ3v) is 2.58. The van der Waals surface area contributed by atoms with Crippen LogP contribution < -0.4 is 4.74 Å².